The lowest BCUT2D eigenvalue weighted by atomic mass is 9.75. The van der Waals surface area contributed by atoms with Crippen molar-refractivity contribution in [3.8, 4) is 0 Å². The molecule has 3 aromatic heterocycles. The quantitative estimate of drug-likeness (QED) is 0.0941. The van der Waals surface area contributed by atoms with Crippen LogP contribution in [0, 0.1) is 5.41 Å². The molecular formula is C53H68F4N8S2. The van der Waals surface area contributed by atoms with Gasteiger partial charge in [-0.1, -0.05) is 70.6 Å². The second-order valence-electron chi connectivity index (χ2n) is 18.5. The minimum Gasteiger partial charge on any atom is -0.356 e. The lowest BCUT2D eigenvalue weighted by Crippen LogP contribution is -2.30. The van der Waals surface area contributed by atoms with Crippen molar-refractivity contribution in [2.24, 2.45) is 10.6 Å². The SMILES string of the molecule is C=C(Nc1cccc(S(=C)(=C)N)c1)c1cc2c(nc1N1CCCC(F)(F)CC1)CCC(C)(C)C2.C=C(Nc1cccc(S(=C)C)c1)c1cc2cnccc2nc1N1CCCC(F)(F)CC1.CC. The molecule has 0 amide bonds. The number of nitrogens with zero attached hydrogens (tertiary/aromatic N) is 5. The second-order valence-corrected chi connectivity index (χ2v) is 22.6. The molecule has 8 nitrogen and oxygen atoms in total. The van der Waals surface area contributed by atoms with Gasteiger partial charge in [-0.15, -0.1) is 9.39 Å². The second kappa shape index (κ2) is 21.4. The first-order valence-electron chi connectivity index (χ1n) is 23.0. The van der Waals surface area contributed by atoms with E-state index < -0.39 is 21.2 Å². The average Bonchev–Trinajstić information content (AvgIpc) is 3.58. The lowest BCUT2D eigenvalue weighted by Gasteiger charge is -2.33. The zero-order valence-electron chi connectivity index (χ0n) is 39.9. The van der Waals surface area contributed by atoms with Gasteiger partial charge in [0.15, 0.2) is 0 Å². The van der Waals surface area contributed by atoms with Gasteiger partial charge in [-0.2, -0.15) is 10.5 Å². The number of pyridine rings is 3. The van der Waals surface area contributed by atoms with Crippen LogP contribution in [0.25, 0.3) is 22.3 Å². The number of hydrogen-bond donors (Lipinski definition) is 3. The van der Waals surface area contributed by atoms with Crippen LogP contribution in [0.15, 0.2) is 102 Å². The van der Waals surface area contributed by atoms with Crippen LogP contribution < -0.4 is 25.6 Å². The molecule has 0 bridgehead atoms. The van der Waals surface area contributed by atoms with Crippen molar-refractivity contribution in [1.29, 1.82) is 0 Å². The van der Waals surface area contributed by atoms with Gasteiger partial charge in [0.05, 0.1) is 5.52 Å². The molecule has 8 rings (SSSR count). The molecule has 360 valence electrons. The van der Waals surface area contributed by atoms with Crippen molar-refractivity contribution in [3.05, 3.63) is 115 Å². The first kappa shape index (κ1) is 51.2. The highest BCUT2D eigenvalue weighted by molar-refractivity contribution is 8.26. The molecule has 1 unspecified atom stereocenters. The Morgan fingerprint density at radius 1 is 0.746 bits per heavy atom. The standard InChI is InChI=1S/C27H36F2N4S.C24H26F2N4S.C2H6/c1-19(31-21-8-6-9-22(17-21)34(4,5)30)23-16-20-18-26(2,3)12-10-24(20)32-25(23)33-14-7-11-27(28,29)13-15-33;1-17(28-19-6-4-7-20(15-19)31(2)3)21-14-18-16-27-11-8-22(18)29-23(21)30-12-5-9-24(25,26)10-13-30;1-2/h6,8-9,16-17,31H,1,4-5,7,10-15,18,30H2,2-3H3;4,6-8,11,14-16,28H,1-2,5,9-10,12-13H2,3H3;1-2H3. The zero-order valence-corrected chi connectivity index (χ0v) is 41.5. The van der Waals surface area contributed by atoms with E-state index in [4.69, 9.17) is 15.1 Å². The highest BCUT2D eigenvalue weighted by atomic mass is 32.2. The highest BCUT2D eigenvalue weighted by Crippen LogP contribution is 2.40. The summed E-state index contributed by atoms with van der Waals surface area (Å²) >= 11 is 0. The number of fused-ring (bicyclic) bond motifs is 2. The first-order valence-corrected chi connectivity index (χ1v) is 26.9. The number of benzene rings is 2. The van der Waals surface area contributed by atoms with Gasteiger partial charge in [0.25, 0.3) is 0 Å². The summed E-state index contributed by atoms with van der Waals surface area (Å²) in [5.41, 5.74) is 8.04. The number of nitrogens with two attached hydrogens (primary N) is 1. The summed E-state index contributed by atoms with van der Waals surface area (Å²) in [5.74, 6) is 8.28. The third-order valence-electron chi connectivity index (χ3n) is 12.3. The van der Waals surface area contributed by atoms with Gasteiger partial charge < -0.3 is 20.4 Å². The number of rotatable bonds is 10. The first-order chi connectivity index (χ1) is 31.7. The normalized spacial score (nSPS) is 18.1. The minimum absolute atomic E-state index is 0.0801. The van der Waals surface area contributed by atoms with Crippen LogP contribution in [0.5, 0.6) is 0 Å². The van der Waals surface area contributed by atoms with E-state index in [2.05, 4.69) is 84.7 Å². The van der Waals surface area contributed by atoms with E-state index in [1.54, 1.807) is 12.4 Å². The van der Waals surface area contributed by atoms with Crippen molar-refractivity contribution in [2.45, 2.75) is 107 Å². The fraction of sp³-hybridized carbons (Fsp3) is 0.396. The van der Waals surface area contributed by atoms with Gasteiger partial charge >= 0.3 is 0 Å². The molecule has 2 fully saturated rings. The number of aromatic nitrogens is 3. The topological polar surface area (TPSA) is 95.2 Å². The molecule has 5 aromatic rings. The van der Waals surface area contributed by atoms with Crippen molar-refractivity contribution in [2.75, 3.05) is 52.9 Å². The predicted octanol–water partition coefficient (Wildman–Crippen LogP) is 13.3. The van der Waals surface area contributed by atoms with E-state index in [0.717, 1.165) is 74.0 Å². The maximum absolute atomic E-state index is 14.1. The Kier molecular flexibility index (Phi) is 16.4. The molecule has 5 heterocycles. The van der Waals surface area contributed by atoms with Crippen molar-refractivity contribution < 1.29 is 17.6 Å². The Morgan fingerprint density at radius 3 is 1.91 bits per heavy atom. The smallest absolute Gasteiger partial charge is 0.249 e. The fourth-order valence-corrected chi connectivity index (χ4v) is 9.95. The number of nitrogens with one attached hydrogen (secondary N) is 2. The molecule has 4 N–H and O–H groups in total. The predicted molar refractivity (Wildman–Crippen MR) is 284 cm³/mol. The molecule has 14 heteroatoms. The van der Waals surface area contributed by atoms with E-state index >= 15 is 0 Å². The number of halogens is 4. The molecule has 0 saturated carbocycles. The fourth-order valence-electron chi connectivity index (χ4n) is 8.60. The Bertz CT molecular complexity index is 2720. The molecule has 2 saturated heterocycles. The molecule has 1 atom stereocenters. The van der Waals surface area contributed by atoms with Gasteiger partial charge in [0.1, 0.15) is 11.6 Å². The molecule has 1 aliphatic carbocycles. The van der Waals surface area contributed by atoms with Gasteiger partial charge in [0.2, 0.25) is 11.8 Å². The van der Waals surface area contributed by atoms with E-state index in [1.165, 1.54) is 5.56 Å². The van der Waals surface area contributed by atoms with Crippen LogP contribution in [0.3, 0.4) is 0 Å². The monoisotopic (exact) mass is 956 g/mol. The van der Waals surface area contributed by atoms with Crippen LogP contribution in [-0.4, -0.2) is 76.8 Å². The van der Waals surface area contributed by atoms with Crippen molar-refractivity contribution in [1.82, 2.24) is 15.0 Å². The summed E-state index contributed by atoms with van der Waals surface area (Å²) in [6, 6.07) is 21.8. The van der Waals surface area contributed by atoms with Crippen molar-refractivity contribution in [3.63, 3.8) is 0 Å². The maximum atomic E-state index is 14.1. The van der Waals surface area contributed by atoms with Crippen LogP contribution >= 0.6 is 19.9 Å². The van der Waals surface area contributed by atoms with E-state index in [1.807, 2.05) is 72.2 Å². The molecular weight excluding hydrogens is 889 g/mol. The van der Waals surface area contributed by atoms with Gasteiger partial charge in [-0.25, -0.2) is 27.5 Å². The Balaban J connectivity index is 0.000000214. The molecule has 0 spiro atoms. The summed E-state index contributed by atoms with van der Waals surface area (Å²) in [6.45, 7) is 18.8. The van der Waals surface area contributed by atoms with Gasteiger partial charge in [-0.3, -0.25) is 10.1 Å². The summed E-state index contributed by atoms with van der Waals surface area (Å²) in [5, 5.41) is 13.8. The van der Waals surface area contributed by atoms with Crippen LogP contribution in [0.4, 0.5) is 40.6 Å². The molecule has 3 aliphatic rings. The molecule has 67 heavy (non-hydrogen) atoms. The Hall–Kier alpha value is -5.18. The number of alkyl halides is 4. The van der Waals surface area contributed by atoms with Gasteiger partial charge in [-0.05, 0) is 104 Å². The highest BCUT2D eigenvalue weighted by Gasteiger charge is 2.35. The van der Waals surface area contributed by atoms with E-state index in [9.17, 15) is 17.6 Å². The van der Waals surface area contributed by atoms with Crippen molar-refractivity contribution >= 4 is 82.8 Å². The molecule has 2 aromatic carbocycles. The van der Waals surface area contributed by atoms with Crippen LogP contribution in [0.1, 0.15) is 95.0 Å². The number of hydrogen-bond acceptors (Lipinski definition) is 8. The minimum atomic E-state index is -2.63. The number of anilines is 4. The van der Waals surface area contributed by atoms with E-state index in [0.29, 0.717) is 43.1 Å². The number of aryl methyl sites for hydroxylation is 1. The summed E-state index contributed by atoms with van der Waals surface area (Å²) < 4.78 is 56.1. The maximum Gasteiger partial charge on any atom is 0.249 e. The summed E-state index contributed by atoms with van der Waals surface area (Å²) in [6.07, 6.45) is 8.77. The Labute approximate surface area is 398 Å². The summed E-state index contributed by atoms with van der Waals surface area (Å²) in [4.78, 5) is 20.1. The van der Waals surface area contributed by atoms with Crippen LogP contribution in [-0.2, 0) is 12.8 Å². The Morgan fingerprint density at radius 2 is 1.31 bits per heavy atom. The summed E-state index contributed by atoms with van der Waals surface area (Å²) in [7, 11) is -1.96. The van der Waals surface area contributed by atoms with E-state index in [-0.39, 0.29) is 54.7 Å². The largest absolute Gasteiger partial charge is 0.356 e. The lowest BCUT2D eigenvalue weighted by molar-refractivity contribution is -0.0108. The van der Waals surface area contributed by atoms with Gasteiger partial charge in [0, 0.05) is 119 Å². The third-order valence-corrected chi connectivity index (χ3v) is 14.5. The third kappa shape index (κ3) is 13.5. The average molecular weight is 957 g/mol. The molecule has 0 radical (unpaired) electrons. The van der Waals surface area contributed by atoms with Crippen LogP contribution in [0.2, 0.25) is 0 Å². The zero-order chi connectivity index (χ0) is 48.7. The molecule has 2 aliphatic heterocycles.